The highest BCUT2D eigenvalue weighted by atomic mass is 32.2. The maximum atomic E-state index is 11.7. The van der Waals surface area contributed by atoms with E-state index in [2.05, 4.69) is 19.9 Å². The second kappa shape index (κ2) is 10.1. The summed E-state index contributed by atoms with van der Waals surface area (Å²) in [5.41, 5.74) is 2.60. The Morgan fingerprint density at radius 3 is 2.04 bits per heavy atom. The van der Waals surface area contributed by atoms with Gasteiger partial charge in [0.2, 0.25) is 0 Å². The Hall–Kier alpha value is -1.39. The van der Waals surface area contributed by atoms with Crippen molar-refractivity contribution in [3.05, 3.63) is 41.5 Å². The Morgan fingerprint density at radius 2 is 1.42 bits per heavy atom. The van der Waals surface area contributed by atoms with Crippen molar-refractivity contribution in [1.29, 1.82) is 0 Å². The van der Waals surface area contributed by atoms with Gasteiger partial charge in [0.1, 0.15) is 4.90 Å². The summed E-state index contributed by atoms with van der Waals surface area (Å²) in [7, 11) is -4.21. The largest absolute Gasteiger partial charge is 0.295 e. The molecule has 0 aromatic heterocycles. The maximum absolute atomic E-state index is 11.7. The van der Waals surface area contributed by atoms with E-state index in [0.717, 1.165) is 24.6 Å². The molecule has 0 aliphatic heterocycles. The number of hydrogen-bond acceptors (Lipinski definition) is 2. The third-order valence-electron chi connectivity index (χ3n) is 5.09. The predicted molar refractivity (Wildman–Crippen MR) is 109 cm³/mol. The summed E-state index contributed by atoms with van der Waals surface area (Å²) in [5.74, 6) is 0. The van der Waals surface area contributed by atoms with Crippen molar-refractivity contribution < 1.29 is 13.0 Å². The molecule has 0 saturated heterocycles. The molecule has 0 unspecified atom stereocenters. The number of hydrogen-bond donors (Lipinski definition) is 1. The van der Waals surface area contributed by atoms with Crippen LogP contribution in [0.25, 0.3) is 10.8 Å². The molecule has 0 aliphatic rings. The van der Waals surface area contributed by atoms with Gasteiger partial charge in [-0.3, -0.25) is 4.55 Å². The highest BCUT2D eigenvalue weighted by Gasteiger charge is 2.16. The summed E-state index contributed by atoms with van der Waals surface area (Å²) in [6.07, 6.45) is 11.6. The normalized spacial score (nSPS) is 12.0. The molecule has 2 rings (SSSR count). The molecule has 0 fully saturated rings. The predicted octanol–water partition coefficient (Wildman–Crippen LogP) is 6.33. The van der Waals surface area contributed by atoms with Gasteiger partial charge in [-0.05, 0) is 48.3 Å². The van der Waals surface area contributed by atoms with Gasteiger partial charge in [0.15, 0.2) is 0 Å². The van der Waals surface area contributed by atoms with Crippen molar-refractivity contribution in [3.63, 3.8) is 0 Å². The first-order chi connectivity index (χ1) is 12.5. The van der Waals surface area contributed by atoms with Gasteiger partial charge in [0.05, 0.1) is 0 Å². The zero-order valence-electron chi connectivity index (χ0n) is 16.1. The van der Waals surface area contributed by atoms with Gasteiger partial charge in [0, 0.05) is 5.39 Å². The van der Waals surface area contributed by atoms with Crippen molar-refractivity contribution >= 4 is 20.9 Å². The van der Waals surface area contributed by atoms with E-state index in [-0.39, 0.29) is 4.90 Å². The molecule has 2 aromatic rings. The van der Waals surface area contributed by atoms with Crippen LogP contribution in [0.4, 0.5) is 0 Å². The molecule has 2 aromatic carbocycles. The number of rotatable bonds is 11. The lowest BCUT2D eigenvalue weighted by atomic mass is 9.91. The average molecular weight is 377 g/mol. The molecule has 0 amide bonds. The quantitative estimate of drug-likeness (QED) is 0.368. The molecule has 3 nitrogen and oxygen atoms in total. The summed E-state index contributed by atoms with van der Waals surface area (Å²) in [4.78, 5) is 0.0161. The first kappa shape index (κ1) is 20.9. The van der Waals surface area contributed by atoms with Gasteiger partial charge >= 0.3 is 0 Å². The molecule has 0 bridgehead atoms. The van der Waals surface area contributed by atoms with Gasteiger partial charge in [-0.1, -0.05) is 76.6 Å². The first-order valence-electron chi connectivity index (χ1n) is 10.00. The highest BCUT2D eigenvalue weighted by molar-refractivity contribution is 7.86. The fourth-order valence-electron chi connectivity index (χ4n) is 3.66. The van der Waals surface area contributed by atoms with E-state index in [9.17, 15) is 13.0 Å². The first-order valence-corrected chi connectivity index (χ1v) is 11.4. The third-order valence-corrected chi connectivity index (χ3v) is 6.00. The lowest BCUT2D eigenvalue weighted by molar-refractivity contribution is 0.484. The number of unbranched alkanes of at least 4 members (excludes halogenated alkanes) is 6. The smallest absolute Gasteiger partial charge is 0.282 e. The summed E-state index contributed by atoms with van der Waals surface area (Å²) in [6.45, 7) is 4.42. The fourth-order valence-corrected chi connectivity index (χ4v) is 4.37. The van der Waals surface area contributed by atoms with Gasteiger partial charge in [0.25, 0.3) is 10.1 Å². The van der Waals surface area contributed by atoms with Crippen LogP contribution in [0, 0.1) is 0 Å². The van der Waals surface area contributed by atoms with E-state index in [0.29, 0.717) is 5.39 Å². The summed E-state index contributed by atoms with van der Waals surface area (Å²) in [5, 5.41) is 1.61. The van der Waals surface area contributed by atoms with Gasteiger partial charge in [-0.2, -0.15) is 8.42 Å². The molecule has 144 valence electrons. The van der Waals surface area contributed by atoms with E-state index in [1.165, 1.54) is 62.1 Å². The van der Waals surface area contributed by atoms with Crippen LogP contribution >= 0.6 is 0 Å². The van der Waals surface area contributed by atoms with Gasteiger partial charge in [-0.25, -0.2) is 0 Å². The average Bonchev–Trinajstić information content (AvgIpc) is 2.61. The van der Waals surface area contributed by atoms with Crippen LogP contribution < -0.4 is 0 Å². The summed E-state index contributed by atoms with van der Waals surface area (Å²) >= 11 is 0. The van der Waals surface area contributed by atoms with Crippen LogP contribution in [0.1, 0.15) is 76.3 Å². The fraction of sp³-hybridized carbons (Fsp3) is 0.545. The maximum Gasteiger partial charge on any atom is 0.295 e. The molecule has 0 saturated carbocycles. The van der Waals surface area contributed by atoms with Gasteiger partial charge < -0.3 is 0 Å². The summed E-state index contributed by atoms with van der Waals surface area (Å²) < 4.78 is 33.0. The standard InChI is InChI=1S/C22H32O3S/c1-3-5-7-9-12-18-16-17-21-20(19(18)13-10-8-6-4-2)14-11-15-22(21)26(23,24)25/h11,14-17H,3-10,12-13H2,1-2H3,(H,23,24,25). The molecule has 0 atom stereocenters. The zero-order valence-corrected chi connectivity index (χ0v) is 16.9. The van der Waals surface area contributed by atoms with Crippen LogP contribution in [0.15, 0.2) is 35.2 Å². The van der Waals surface area contributed by atoms with Gasteiger partial charge in [-0.15, -0.1) is 0 Å². The minimum atomic E-state index is -4.21. The molecule has 26 heavy (non-hydrogen) atoms. The number of fused-ring (bicyclic) bond motifs is 1. The Morgan fingerprint density at radius 1 is 0.769 bits per heavy atom. The van der Waals surface area contributed by atoms with Crippen LogP contribution in [-0.2, 0) is 23.0 Å². The van der Waals surface area contributed by atoms with E-state index >= 15 is 0 Å². The SMILES string of the molecule is CCCCCCc1ccc2c(S(=O)(=O)O)cccc2c1CCCCCC. The van der Waals surface area contributed by atoms with E-state index in [1.54, 1.807) is 6.07 Å². The highest BCUT2D eigenvalue weighted by Crippen LogP contribution is 2.30. The molecule has 0 heterocycles. The van der Waals surface area contributed by atoms with E-state index in [4.69, 9.17) is 0 Å². The Balaban J connectivity index is 2.39. The Kier molecular flexibility index (Phi) is 8.11. The zero-order chi connectivity index (χ0) is 19.0. The molecule has 0 aliphatic carbocycles. The number of benzene rings is 2. The van der Waals surface area contributed by atoms with Crippen molar-refractivity contribution in [2.45, 2.75) is 83.0 Å². The lowest BCUT2D eigenvalue weighted by Gasteiger charge is -2.15. The minimum absolute atomic E-state index is 0.0161. The van der Waals surface area contributed by atoms with Crippen LogP contribution in [0.2, 0.25) is 0 Å². The van der Waals surface area contributed by atoms with E-state index < -0.39 is 10.1 Å². The Bertz CT molecular complexity index is 809. The van der Waals surface area contributed by atoms with Crippen LogP contribution in [0.3, 0.4) is 0 Å². The van der Waals surface area contributed by atoms with Crippen molar-refractivity contribution in [3.8, 4) is 0 Å². The molecule has 1 N–H and O–H groups in total. The monoisotopic (exact) mass is 376 g/mol. The second-order valence-corrected chi connectivity index (χ2v) is 8.54. The minimum Gasteiger partial charge on any atom is -0.282 e. The molecule has 0 spiro atoms. The van der Waals surface area contributed by atoms with Crippen molar-refractivity contribution in [2.24, 2.45) is 0 Å². The number of aryl methyl sites for hydroxylation is 2. The summed E-state index contributed by atoms with van der Waals surface area (Å²) in [6, 6.07) is 9.15. The topological polar surface area (TPSA) is 54.4 Å². The Labute approximate surface area is 158 Å². The van der Waals surface area contributed by atoms with Crippen LogP contribution in [0.5, 0.6) is 0 Å². The van der Waals surface area contributed by atoms with E-state index in [1.807, 2.05) is 12.1 Å². The molecular formula is C22H32O3S. The molecule has 0 radical (unpaired) electrons. The molecule has 4 heteroatoms. The second-order valence-electron chi connectivity index (χ2n) is 7.15. The van der Waals surface area contributed by atoms with Crippen LogP contribution in [-0.4, -0.2) is 13.0 Å². The molecular weight excluding hydrogens is 344 g/mol. The third kappa shape index (κ3) is 5.55. The van der Waals surface area contributed by atoms with Crippen molar-refractivity contribution in [2.75, 3.05) is 0 Å². The van der Waals surface area contributed by atoms with Crippen molar-refractivity contribution in [1.82, 2.24) is 0 Å². The lowest BCUT2D eigenvalue weighted by Crippen LogP contribution is -2.02.